The minimum atomic E-state index is 0.235. The summed E-state index contributed by atoms with van der Waals surface area (Å²) in [6.45, 7) is 0.867. The van der Waals surface area contributed by atoms with E-state index in [9.17, 15) is 0 Å². The van der Waals surface area contributed by atoms with Gasteiger partial charge >= 0.3 is 0 Å². The zero-order valence-electron chi connectivity index (χ0n) is 9.89. The molecule has 0 aromatic carbocycles. The van der Waals surface area contributed by atoms with Crippen LogP contribution in [0.4, 0.5) is 5.95 Å². The Bertz CT molecular complexity index is 385. The quantitative estimate of drug-likeness (QED) is 0.781. The van der Waals surface area contributed by atoms with Crippen LogP contribution in [0.5, 0.6) is 0 Å². The summed E-state index contributed by atoms with van der Waals surface area (Å²) in [7, 11) is 3.75. The highest BCUT2D eigenvalue weighted by atomic mass is 35.5. The number of hydrogen-bond donors (Lipinski definition) is 0. The van der Waals surface area contributed by atoms with Crippen LogP contribution >= 0.6 is 23.4 Å². The molecule has 5 nitrogen and oxygen atoms in total. The van der Waals surface area contributed by atoms with Gasteiger partial charge in [0.15, 0.2) is 5.16 Å². The Morgan fingerprint density at radius 2 is 2.24 bits per heavy atom. The summed E-state index contributed by atoms with van der Waals surface area (Å²) in [4.78, 5) is 14.3. The summed E-state index contributed by atoms with van der Waals surface area (Å²) in [6, 6.07) is 0. The first-order valence-electron chi connectivity index (χ1n) is 5.48. The van der Waals surface area contributed by atoms with Crippen molar-refractivity contribution in [1.29, 1.82) is 0 Å². The van der Waals surface area contributed by atoms with Crippen molar-refractivity contribution in [2.75, 3.05) is 31.4 Å². The standard InChI is InChI=1S/C10H15ClN4OS/c1-15(2)9-12-8(11)13-10(14-9)17-6-7-4-3-5-16-7/h7H,3-6H2,1-2H3. The molecule has 1 aliphatic rings. The van der Waals surface area contributed by atoms with Gasteiger partial charge in [0.05, 0.1) is 6.10 Å². The molecule has 1 aliphatic heterocycles. The average molecular weight is 275 g/mol. The van der Waals surface area contributed by atoms with E-state index in [2.05, 4.69) is 15.0 Å². The SMILES string of the molecule is CN(C)c1nc(Cl)nc(SCC2CCCO2)n1. The van der Waals surface area contributed by atoms with Gasteiger partial charge in [-0.2, -0.15) is 15.0 Å². The highest BCUT2D eigenvalue weighted by Gasteiger charge is 2.17. The molecular formula is C10H15ClN4OS. The maximum atomic E-state index is 5.86. The van der Waals surface area contributed by atoms with Gasteiger partial charge in [-0.05, 0) is 24.4 Å². The van der Waals surface area contributed by atoms with Gasteiger partial charge in [0.2, 0.25) is 11.2 Å². The number of halogens is 1. The number of ether oxygens (including phenoxy) is 1. The smallest absolute Gasteiger partial charge is 0.230 e. The van der Waals surface area contributed by atoms with Gasteiger partial charge < -0.3 is 9.64 Å². The van der Waals surface area contributed by atoms with Gasteiger partial charge in [0.25, 0.3) is 0 Å². The van der Waals surface area contributed by atoms with Gasteiger partial charge in [-0.3, -0.25) is 0 Å². The number of nitrogens with zero attached hydrogens (tertiary/aromatic N) is 4. The summed E-state index contributed by atoms with van der Waals surface area (Å²) >= 11 is 7.42. The van der Waals surface area contributed by atoms with Crippen molar-refractivity contribution in [3.63, 3.8) is 0 Å². The van der Waals surface area contributed by atoms with Crippen molar-refractivity contribution in [2.45, 2.75) is 24.1 Å². The maximum absolute atomic E-state index is 5.86. The third kappa shape index (κ3) is 3.69. The van der Waals surface area contributed by atoms with Crippen molar-refractivity contribution in [3.8, 4) is 0 Å². The summed E-state index contributed by atoms with van der Waals surface area (Å²) in [5.74, 6) is 1.45. The molecular weight excluding hydrogens is 260 g/mol. The van der Waals surface area contributed by atoms with E-state index in [-0.39, 0.29) is 5.28 Å². The molecule has 0 aliphatic carbocycles. The Hall–Kier alpha value is -0.590. The highest BCUT2D eigenvalue weighted by Crippen LogP contribution is 2.22. The second kappa shape index (κ2) is 5.84. The molecule has 17 heavy (non-hydrogen) atoms. The highest BCUT2D eigenvalue weighted by molar-refractivity contribution is 7.99. The van der Waals surface area contributed by atoms with Crippen LogP contribution in [0, 0.1) is 0 Å². The molecule has 7 heteroatoms. The van der Waals surface area contributed by atoms with Crippen LogP contribution in [0.3, 0.4) is 0 Å². The Kier molecular flexibility index (Phi) is 4.42. The normalized spacial score (nSPS) is 19.6. The molecule has 94 valence electrons. The Morgan fingerprint density at radius 1 is 1.41 bits per heavy atom. The molecule has 0 bridgehead atoms. The molecule has 1 fully saturated rings. The van der Waals surface area contributed by atoms with Crippen molar-refractivity contribution in [2.24, 2.45) is 0 Å². The summed E-state index contributed by atoms with van der Waals surface area (Å²) < 4.78 is 5.55. The lowest BCUT2D eigenvalue weighted by atomic mass is 10.3. The first-order chi connectivity index (χ1) is 8.15. The van der Waals surface area contributed by atoms with Crippen LogP contribution in [0.25, 0.3) is 0 Å². The largest absolute Gasteiger partial charge is 0.377 e. The fourth-order valence-corrected chi connectivity index (χ4v) is 2.63. The molecule has 2 rings (SSSR count). The number of hydrogen-bond acceptors (Lipinski definition) is 6. The van der Waals surface area contributed by atoms with Gasteiger partial charge in [0, 0.05) is 26.5 Å². The third-order valence-corrected chi connectivity index (χ3v) is 3.55. The second-order valence-electron chi connectivity index (χ2n) is 4.03. The van der Waals surface area contributed by atoms with Crippen LogP contribution in [0.2, 0.25) is 5.28 Å². The van der Waals surface area contributed by atoms with Gasteiger partial charge in [-0.1, -0.05) is 11.8 Å². The maximum Gasteiger partial charge on any atom is 0.230 e. The first-order valence-corrected chi connectivity index (χ1v) is 6.85. The second-order valence-corrected chi connectivity index (χ2v) is 5.35. The predicted octanol–water partition coefficient (Wildman–Crippen LogP) is 1.86. The molecule has 1 aromatic heterocycles. The Balaban J connectivity index is 1.99. The fraction of sp³-hybridized carbons (Fsp3) is 0.700. The third-order valence-electron chi connectivity index (χ3n) is 2.40. The first kappa shape index (κ1) is 12.9. The monoisotopic (exact) mass is 274 g/mol. The van der Waals surface area contributed by atoms with E-state index in [0.717, 1.165) is 25.2 Å². The number of thioether (sulfide) groups is 1. The Labute approximate surface area is 110 Å². The van der Waals surface area contributed by atoms with E-state index in [1.165, 1.54) is 0 Å². The van der Waals surface area contributed by atoms with Gasteiger partial charge in [-0.25, -0.2) is 0 Å². The Morgan fingerprint density at radius 3 is 2.88 bits per heavy atom. The molecule has 0 N–H and O–H groups in total. The van der Waals surface area contributed by atoms with Crippen LogP contribution in [0.1, 0.15) is 12.8 Å². The van der Waals surface area contributed by atoms with Crippen LogP contribution < -0.4 is 4.90 Å². The number of rotatable bonds is 4. The number of aromatic nitrogens is 3. The van der Waals surface area contributed by atoms with E-state index in [0.29, 0.717) is 17.2 Å². The van der Waals surface area contributed by atoms with E-state index in [4.69, 9.17) is 16.3 Å². The zero-order valence-corrected chi connectivity index (χ0v) is 11.5. The zero-order chi connectivity index (χ0) is 12.3. The van der Waals surface area contributed by atoms with E-state index < -0.39 is 0 Å². The predicted molar refractivity (Wildman–Crippen MR) is 68.9 cm³/mol. The average Bonchev–Trinajstić information content (AvgIpc) is 2.78. The van der Waals surface area contributed by atoms with Gasteiger partial charge in [-0.15, -0.1) is 0 Å². The molecule has 1 saturated heterocycles. The lowest BCUT2D eigenvalue weighted by Gasteiger charge is -2.11. The van der Waals surface area contributed by atoms with Crippen molar-refractivity contribution >= 4 is 29.3 Å². The van der Waals surface area contributed by atoms with Crippen molar-refractivity contribution in [3.05, 3.63) is 5.28 Å². The molecule has 0 radical (unpaired) electrons. The topological polar surface area (TPSA) is 51.1 Å². The lowest BCUT2D eigenvalue weighted by molar-refractivity contribution is 0.129. The molecule has 0 amide bonds. The molecule has 2 heterocycles. The van der Waals surface area contributed by atoms with E-state index in [1.54, 1.807) is 11.8 Å². The molecule has 1 atom stereocenters. The lowest BCUT2D eigenvalue weighted by Crippen LogP contribution is -2.14. The molecule has 1 unspecified atom stereocenters. The minimum Gasteiger partial charge on any atom is -0.377 e. The van der Waals surface area contributed by atoms with Crippen molar-refractivity contribution in [1.82, 2.24) is 15.0 Å². The van der Waals surface area contributed by atoms with Crippen LogP contribution in [0.15, 0.2) is 5.16 Å². The van der Waals surface area contributed by atoms with Crippen molar-refractivity contribution < 1.29 is 4.74 Å². The van der Waals surface area contributed by atoms with Crippen LogP contribution in [-0.2, 0) is 4.74 Å². The number of anilines is 1. The van der Waals surface area contributed by atoms with E-state index >= 15 is 0 Å². The summed E-state index contributed by atoms with van der Waals surface area (Å²) in [5.41, 5.74) is 0. The van der Waals surface area contributed by atoms with E-state index in [1.807, 2.05) is 19.0 Å². The fourth-order valence-electron chi connectivity index (χ4n) is 1.53. The van der Waals surface area contributed by atoms with Gasteiger partial charge in [0.1, 0.15) is 0 Å². The molecule has 1 aromatic rings. The summed E-state index contributed by atoms with van der Waals surface area (Å²) in [5, 5.41) is 0.891. The van der Waals surface area contributed by atoms with Crippen LogP contribution in [-0.4, -0.2) is 47.5 Å². The minimum absolute atomic E-state index is 0.235. The molecule has 0 saturated carbocycles. The summed E-state index contributed by atoms with van der Waals surface area (Å²) in [6.07, 6.45) is 2.58. The molecule has 0 spiro atoms.